The molecule has 0 radical (unpaired) electrons. The Morgan fingerprint density at radius 2 is 2.12 bits per heavy atom. The van der Waals surface area contributed by atoms with E-state index in [4.69, 9.17) is 0 Å². The van der Waals surface area contributed by atoms with Crippen LogP contribution in [0.15, 0.2) is 22.8 Å². The molecule has 88 valence electrons. The molecule has 2 aliphatic rings. The molecule has 0 aromatic heterocycles. The fourth-order valence-electron chi connectivity index (χ4n) is 3.38. The van der Waals surface area contributed by atoms with Crippen molar-refractivity contribution in [2.75, 3.05) is 0 Å². The van der Waals surface area contributed by atoms with E-state index < -0.39 is 0 Å². The van der Waals surface area contributed by atoms with Gasteiger partial charge in [-0.25, -0.2) is 0 Å². The van der Waals surface area contributed by atoms with E-state index in [9.17, 15) is 4.79 Å². The van der Waals surface area contributed by atoms with Crippen molar-refractivity contribution in [1.82, 2.24) is 0 Å². The molecule has 0 aromatic carbocycles. The average molecular weight is 218 g/mol. The lowest BCUT2D eigenvalue weighted by Crippen LogP contribution is -2.30. The summed E-state index contributed by atoms with van der Waals surface area (Å²) >= 11 is 0. The Balaban J connectivity index is 2.36. The van der Waals surface area contributed by atoms with Crippen LogP contribution in [0.1, 0.15) is 46.5 Å². The standard InChI is InChI=1S/C15H22O/c1-10-4-6-13-11(2)5-7-14(12(3)9-16)15(13)8-10/h8-9,11,13,15H,4-7H2,1-3H3. The second-order valence-corrected chi connectivity index (χ2v) is 5.58. The van der Waals surface area contributed by atoms with E-state index >= 15 is 0 Å². The van der Waals surface area contributed by atoms with Crippen molar-refractivity contribution >= 4 is 6.29 Å². The van der Waals surface area contributed by atoms with E-state index in [1.807, 2.05) is 6.92 Å². The predicted molar refractivity (Wildman–Crippen MR) is 67.1 cm³/mol. The SMILES string of the molecule is CC1=CC2C(=C(C)C=O)CCC(C)C2CC1. The molecule has 2 rings (SSSR count). The van der Waals surface area contributed by atoms with Crippen molar-refractivity contribution in [2.24, 2.45) is 17.8 Å². The molecule has 3 unspecified atom stereocenters. The molecule has 0 amide bonds. The molecular formula is C15H22O. The first-order valence-electron chi connectivity index (χ1n) is 6.45. The smallest absolute Gasteiger partial charge is 0.145 e. The molecule has 16 heavy (non-hydrogen) atoms. The number of allylic oxidation sites excluding steroid dienone is 4. The molecule has 2 aliphatic carbocycles. The number of hydrogen-bond donors (Lipinski definition) is 0. The van der Waals surface area contributed by atoms with E-state index in [0.717, 1.165) is 30.1 Å². The van der Waals surface area contributed by atoms with Gasteiger partial charge in [-0.2, -0.15) is 0 Å². The zero-order valence-corrected chi connectivity index (χ0v) is 10.6. The molecule has 1 nitrogen and oxygen atoms in total. The van der Waals surface area contributed by atoms with Crippen molar-refractivity contribution < 1.29 is 4.79 Å². The molecule has 0 N–H and O–H groups in total. The molecule has 0 bridgehead atoms. The highest BCUT2D eigenvalue weighted by Gasteiger charge is 2.35. The van der Waals surface area contributed by atoms with Gasteiger partial charge in [0.05, 0.1) is 0 Å². The Morgan fingerprint density at radius 3 is 2.81 bits per heavy atom. The quantitative estimate of drug-likeness (QED) is 0.370. The van der Waals surface area contributed by atoms with Gasteiger partial charge in [0.1, 0.15) is 6.29 Å². The Morgan fingerprint density at radius 1 is 1.38 bits per heavy atom. The van der Waals surface area contributed by atoms with E-state index in [1.54, 1.807) is 0 Å². The highest BCUT2D eigenvalue weighted by atomic mass is 16.1. The summed E-state index contributed by atoms with van der Waals surface area (Å²) in [6.07, 6.45) is 8.40. The lowest BCUT2D eigenvalue weighted by Gasteiger charge is -2.40. The molecule has 3 atom stereocenters. The van der Waals surface area contributed by atoms with Crippen LogP contribution >= 0.6 is 0 Å². The lowest BCUT2D eigenvalue weighted by atomic mass is 9.64. The van der Waals surface area contributed by atoms with Crippen molar-refractivity contribution in [3.63, 3.8) is 0 Å². The molecule has 1 heteroatoms. The Bertz CT molecular complexity index is 348. The van der Waals surface area contributed by atoms with Crippen molar-refractivity contribution in [1.29, 1.82) is 0 Å². The third-order valence-corrected chi connectivity index (χ3v) is 4.48. The maximum Gasteiger partial charge on any atom is 0.145 e. The van der Waals surface area contributed by atoms with Gasteiger partial charge in [0.15, 0.2) is 0 Å². The van der Waals surface area contributed by atoms with Crippen LogP contribution in [0.25, 0.3) is 0 Å². The predicted octanol–water partition coefficient (Wildman–Crippen LogP) is 3.90. The summed E-state index contributed by atoms with van der Waals surface area (Å²) < 4.78 is 0. The Hall–Kier alpha value is -0.850. The summed E-state index contributed by atoms with van der Waals surface area (Å²) in [4.78, 5) is 11.0. The summed E-state index contributed by atoms with van der Waals surface area (Å²) in [6.45, 7) is 6.58. The minimum Gasteiger partial charge on any atom is -0.298 e. The maximum absolute atomic E-state index is 11.0. The number of hydrogen-bond acceptors (Lipinski definition) is 1. The summed E-state index contributed by atoms with van der Waals surface area (Å²) in [6, 6.07) is 0. The van der Waals surface area contributed by atoms with Gasteiger partial charge in [0, 0.05) is 5.92 Å². The number of rotatable bonds is 1. The van der Waals surface area contributed by atoms with Crippen LogP contribution in [-0.4, -0.2) is 6.29 Å². The van der Waals surface area contributed by atoms with Crippen LogP contribution in [-0.2, 0) is 4.79 Å². The van der Waals surface area contributed by atoms with Gasteiger partial charge in [-0.15, -0.1) is 0 Å². The van der Waals surface area contributed by atoms with E-state index in [0.29, 0.717) is 5.92 Å². The summed E-state index contributed by atoms with van der Waals surface area (Å²) in [5, 5.41) is 0. The number of fused-ring (bicyclic) bond motifs is 1. The van der Waals surface area contributed by atoms with E-state index in [1.165, 1.54) is 30.4 Å². The minimum atomic E-state index is 0.558. The van der Waals surface area contributed by atoms with E-state index in [2.05, 4.69) is 19.9 Å². The topological polar surface area (TPSA) is 17.1 Å². The molecule has 1 fully saturated rings. The zero-order chi connectivity index (χ0) is 11.7. The first-order chi connectivity index (χ1) is 7.63. The molecular weight excluding hydrogens is 196 g/mol. The van der Waals surface area contributed by atoms with Crippen molar-refractivity contribution in [3.05, 3.63) is 22.8 Å². The monoisotopic (exact) mass is 218 g/mol. The fraction of sp³-hybridized carbons (Fsp3) is 0.667. The Kier molecular flexibility index (Phi) is 3.32. The third-order valence-electron chi connectivity index (χ3n) is 4.48. The van der Waals surface area contributed by atoms with Gasteiger partial charge < -0.3 is 0 Å². The third kappa shape index (κ3) is 2.00. The van der Waals surface area contributed by atoms with E-state index in [-0.39, 0.29) is 0 Å². The normalized spacial score (nSPS) is 37.4. The summed E-state index contributed by atoms with van der Waals surface area (Å²) in [5.74, 6) is 2.16. The highest BCUT2D eigenvalue weighted by Crippen LogP contribution is 2.45. The van der Waals surface area contributed by atoms with Crippen LogP contribution in [0.5, 0.6) is 0 Å². The van der Waals surface area contributed by atoms with Crippen molar-refractivity contribution in [2.45, 2.75) is 46.5 Å². The van der Waals surface area contributed by atoms with Crippen LogP contribution in [0, 0.1) is 17.8 Å². The number of aldehydes is 1. The van der Waals surface area contributed by atoms with Gasteiger partial charge in [-0.1, -0.05) is 24.1 Å². The van der Waals surface area contributed by atoms with Crippen LogP contribution in [0.2, 0.25) is 0 Å². The van der Waals surface area contributed by atoms with Gasteiger partial charge in [0.2, 0.25) is 0 Å². The molecule has 1 saturated carbocycles. The lowest BCUT2D eigenvalue weighted by molar-refractivity contribution is -0.105. The molecule has 0 heterocycles. The van der Waals surface area contributed by atoms with Gasteiger partial charge >= 0.3 is 0 Å². The number of carbonyl (C=O) groups excluding carboxylic acids is 1. The first kappa shape index (κ1) is 11.6. The van der Waals surface area contributed by atoms with Crippen LogP contribution in [0.4, 0.5) is 0 Å². The van der Waals surface area contributed by atoms with Gasteiger partial charge in [0.25, 0.3) is 0 Å². The van der Waals surface area contributed by atoms with Crippen LogP contribution in [0.3, 0.4) is 0 Å². The van der Waals surface area contributed by atoms with Crippen LogP contribution < -0.4 is 0 Å². The molecule has 0 saturated heterocycles. The second-order valence-electron chi connectivity index (χ2n) is 5.58. The molecule has 0 aliphatic heterocycles. The maximum atomic E-state index is 11.0. The largest absolute Gasteiger partial charge is 0.298 e. The van der Waals surface area contributed by atoms with Gasteiger partial charge in [-0.3, -0.25) is 4.79 Å². The number of carbonyl (C=O) groups is 1. The molecule has 0 spiro atoms. The second kappa shape index (κ2) is 4.57. The van der Waals surface area contributed by atoms with Crippen molar-refractivity contribution in [3.8, 4) is 0 Å². The van der Waals surface area contributed by atoms with Gasteiger partial charge in [-0.05, 0) is 56.9 Å². The Labute approximate surface area is 98.6 Å². The average Bonchev–Trinajstić information content (AvgIpc) is 2.28. The zero-order valence-electron chi connectivity index (χ0n) is 10.6. The fourth-order valence-corrected chi connectivity index (χ4v) is 3.38. The summed E-state index contributed by atoms with van der Waals surface area (Å²) in [7, 11) is 0. The molecule has 0 aromatic rings. The first-order valence-corrected chi connectivity index (χ1v) is 6.45. The summed E-state index contributed by atoms with van der Waals surface area (Å²) in [5.41, 5.74) is 3.90. The highest BCUT2D eigenvalue weighted by molar-refractivity contribution is 5.74. The minimum absolute atomic E-state index is 0.558.